The first-order chi connectivity index (χ1) is 5.04. The lowest BCUT2D eigenvalue weighted by atomic mass is 10.0. The summed E-state index contributed by atoms with van der Waals surface area (Å²) in [6, 6.07) is 0. The van der Waals surface area contributed by atoms with Crippen LogP contribution in [0, 0.1) is 0 Å². The summed E-state index contributed by atoms with van der Waals surface area (Å²) < 4.78 is 4.68. The summed E-state index contributed by atoms with van der Waals surface area (Å²) >= 11 is 0. The zero-order valence-corrected chi connectivity index (χ0v) is 6.08. The summed E-state index contributed by atoms with van der Waals surface area (Å²) in [6.07, 6.45) is -5.99. The normalized spacial score (nSPS) is 52.6. The summed E-state index contributed by atoms with van der Waals surface area (Å²) in [4.78, 5) is 0. The number of hydrogen-bond acceptors (Lipinski definition) is 5. The first kappa shape index (κ1) is 8.89. The lowest BCUT2D eigenvalue weighted by Gasteiger charge is -2.36. The minimum Gasteiger partial charge on any atom is -0.388 e. The summed E-state index contributed by atoms with van der Waals surface area (Å²) in [5.74, 6) is 0. The van der Waals surface area contributed by atoms with Crippen molar-refractivity contribution >= 4 is 0 Å². The molecular formula is C6H12O5. The van der Waals surface area contributed by atoms with Crippen LogP contribution in [0.2, 0.25) is 0 Å². The summed E-state index contributed by atoms with van der Waals surface area (Å²) in [6.45, 7) is 1.50. The van der Waals surface area contributed by atoms with Gasteiger partial charge in [-0.2, -0.15) is 0 Å². The highest BCUT2D eigenvalue weighted by Crippen LogP contribution is 2.18. The zero-order valence-electron chi connectivity index (χ0n) is 6.08. The Morgan fingerprint density at radius 1 is 0.909 bits per heavy atom. The van der Waals surface area contributed by atoms with Crippen molar-refractivity contribution in [3.8, 4) is 0 Å². The number of hydrogen-bond donors (Lipinski definition) is 4. The molecule has 5 nitrogen and oxygen atoms in total. The molecular weight excluding hydrogens is 152 g/mol. The molecule has 1 rings (SSSR count). The van der Waals surface area contributed by atoms with E-state index in [0.717, 1.165) is 0 Å². The Bertz CT molecular complexity index is 125. The molecule has 0 aromatic carbocycles. The largest absolute Gasteiger partial charge is 0.388 e. The van der Waals surface area contributed by atoms with Crippen LogP contribution in [0.25, 0.3) is 0 Å². The Hall–Kier alpha value is -0.200. The molecule has 0 aromatic rings. The first-order valence-corrected chi connectivity index (χ1v) is 3.41. The third kappa shape index (κ3) is 1.52. The van der Waals surface area contributed by atoms with Crippen molar-refractivity contribution < 1.29 is 25.2 Å². The van der Waals surface area contributed by atoms with Gasteiger partial charge in [0.1, 0.15) is 18.3 Å². The van der Waals surface area contributed by atoms with Gasteiger partial charge in [-0.25, -0.2) is 0 Å². The van der Waals surface area contributed by atoms with Crippen LogP contribution in [0.1, 0.15) is 6.92 Å². The quantitative estimate of drug-likeness (QED) is 0.326. The zero-order chi connectivity index (χ0) is 8.59. The van der Waals surface area contributed by atoms with Gasteiger partial charge in [0.2, 0.25) is 0 Å². The van der Waals surface area contributed by atoms with Gasteiger partial charge < -0.3 is 25.2 Å². The van der Waals surface area contributed by atoms with Crippen molar-refractivity contribution in [3.63, 3.8) is 0 Å². The molecule has 1 fully saturated rings. The van der Waals surface area contributed by atoms with E-state index in [-0.39, 0.29) is 0 Å². The van der Waals surface area contributed by atoms with Crippen molar-refractivity contribution in [2.24, 2.45) is 0 Å². The summed E-state index contributed by atoms with van der Waals surface area (Å²) in [5.41, 5.74) is 0. The molecule has 0 bridgehead atoms. The van der Waals surface area contributed by atoms with Crippen LogP contribution in [0.5, 0.6) is 0 Å². The fourth-order valence-corrected chi connectivity index (χ4v) is 1.03. The third-order valence-corrected chi connectivity index (χ3v) is 1.83. The van der Waals surface area contributed by atoms with E-state index in [1.807, 2.05) is 0 Å². The highest BCUT2D eigenvalue weighted by Gasteiger charge is 2.40. The Morgan fingerprint density at radius 3 is 2.00 bits per heavy atom. The summed E-state index contributed by atoms with van der Waals surface area (Å²) in [5, 5.41) is 36.0. The van der Waals surface area contributed by atoms with E-state index < -0.39 is 30.7 Å². The Kier molecular flexibility index (Phi) is 2.46. The van der Waals surface area contributed by atoms with Crippen molar-refractivity contribution in [2.75, 3.05) is 0 Å². The predicted molar refractivity (Wildman–Crippen MR) is 34.6 cm³/mol. The van der Waals surface area contributed by atoms with E-state index in [0.29, 0.717) is 0 Å². The molecule has 0 aromatic heterocycles. The van der Waals surface area contributed by atoms with Crippen LogP contribution in [0.4, 0.5) is 0 Å². The first-order valence-electron chi connectivity index (χ1n) is 3.41. The number of ether oxygens (including phenoxy) is 1. The third-order valence-electron chi connectivity index (χ3n) is 1.83. The predicted octanol–water partition coefficient (Wildman–Crippen LogP) is -2.19. The second-order valence-corrected chi connectivity index (χ2v) is 2.70. The SMILES string of the molecule is CC1O[C@H](O)[C@@H](O)C(O)[C@@H]1O. The molecule has 2 unspecified atom stereocenters. The van der Waals surface area contributed by atoms with Gasteiger partial charge in [0.25, 0.3) is 0 Å². The van der Waals surface area contributed by atoms with Crippen LogP contribution in [-0.4, -0.2) is 51.1 Å². The molecule has 1 heterocycles. The van der Waals surface area contributed by atoms with Gasteiger partial charge in [-0.05, 0) is 6.92 Å². The van der Waals surface area contributed by atoms with E-state index in [4.69, 9.17) is 20.4 Å². The van der Waals surface area contributed by atoms with E-state index in [9.17, 15) is 0 Å². The van der Waals surface area contributed by atoms with E-state index in [1.54, 1.807) is 0 Å². The Balaban J connectivity index is 2.63. The molecule has 1 saturated heterocycles. The molecule has 0 spiro atoms. The molecule has 0 amide bonds. The van der Waals surface area contributed by atoms with Crippen molar-refractivity contribution in [1.82, 2.24) is 0 Å². The van der Waals surface area contributed by atoms with Crippen molar-refractivity contribution in [3.05, 3.63) is 0 Å². The Labute approximate surface area is 63.8 Å². The van der Waals surface area contributed by atoms with E-state index in [2.05, 4.69) is 4.74 Å². The topological polar surface area (TPSA) is 90.2 Å². The fraction of sp³-hybridized carbons (Fsp3) is 1.00. The van der Waals surface area contributed by atoms with Crippen LogP contribution in [-0.2, 0) is 4.74 Å². The molecule has 0 aliphatic carbocycles. The lowest BCUT2D eigenvalue weighted by molar-refractivity contribution is -0.277. The minimum absolute atomic E-state index is 0.664. The summed E-state index contributed by atoms with van der Waals surface area (Å²) in [7, 11) is 0. The van der Waals surface area contributed by atoms with Crippen LogP contribution >= 0.6 is 0 Å². The monoisotopic (exact) mass is 164 g/mol. The van der Waals surface area contributed by atoms with Gasteiger partial charge >= 0.3 is 0 Å². The lowest BCUT2D eigenvalue weighted by Crippen LogP contribution is -2.56. The van der Waals surface area contributed by atoms with Gasteiger partial charge in [0.15, 0.2) is 6.29 Å². The van der Waals surface area contributed by atoms with E-state index >= 15 is 0 Å². The molecule has 0 saturated carbocycles. The smallest absolute Gasteiger partial charge is 0.183 e. The maximum Gasteiger partial charge on any atom is 0.183 e. The van der Waals surface area contributed by atoms with Gasteiger partial charge in [-0.15, -0.1) is 0 Å². The van der Waals surface area contributed by atoms with Crippen LogP contribution in [0.15, 0.2) is 0 Å². The number of aliphatic hydroxyl groups excluding tert-OH is 4. The van der Waals surface area contributed by atoms with Gasteiger partial charge in [-0.1, -0.05) is 0 Å². The van der Waals surface area contributed by atoms with Crippen LogP contribution < -0.4 is 0 Å². The fourth-order valence-electron chi connectivity index (χ4n) is 1.03. The maximum atomic E-state index is 9.09. The standard InChI is InChI=1S/C6H12O5/c1-2-3(7)4(8)5(9)6(10)11-2/h2-10H,1H3/t2?,3-,4?,5+,6+/m1/s1. The van der Waals surface area contributed by atoms with Gasteiger partial charge in [-0.3, -0.25) is 0 Å². The molecule has 11 heavy (non-hydrogen) atoms. The Morgan fingerprint density at radius 2 is 1.45 bits per heavy atom. The molecule has 1 aliphatic heterocycles. The number of aliphatic hydroxyl groups is 4. The molecule has 0 radical (unpaired) electrons. The average molecular weight is 164 g/mol. The number of rotatable bonds is 0. The highest BCUT2D eigenvalue weighted by atomic mass is 16.6. The molecule has 66 valence electrons. The molecule has 4 N–H and O–H groups in total. The highest BCUT2D eigenvalue weighted by molar-refractivity contribution is 4.86. The van der Waals surface area contributed by atoms with Crippen molar-refractivity contribution in [2.45, 2.75) is 37.6 Å². The average Bonchev–Trinajstić information content (AvgIpc) is 1.97. The second kappa shape index (κ2) is 3.04. The second-order valence-electron chi connectivity index (χ2n) is 2.70. The van der Waals surface area contributed by atoms with E-state index in [1.165, 1.54) is 6.92 Å². The molecule has 5 heteroatoms. The molecule has 1 aliphatic rings. The minimum atomic E-state index is -1.43. The maximum absolute atomic E-state index is 9.09. The molecule has 5 atom stereocenters. The van der Waals surface area contributed by atoms with Crippen LogP contribution in [0.3, 0.4) is 0 Å². The van der Waals surface area contributed by atoms with Gasteiger partial charge in [0.05, 0.1) is 6.10 Å². The van der Waals surface area contributed by atoms with Crippen molar-refractivity contribution in [1.29, 1.82) is 0 Å². The van der Waals surface area contributed by atoms with Gasteiger partial charge in [0, 0.05) is 0 Å².